The van der Waals surface area contributed by atoms with Gasteiger partial charge in [0.05, 0.1) is 0 Å². The smallest absolute Gasteiger partial charge is 0.100 e. The molecular formula is C9H8Cl4. The van der Waals surface area contributed by atoms with Gasteiger partial charge < -0.3 is 0 Å². The summed E-state index contributed by atoms with van der Waals surface area (Å²) in [5.74, 6) is 0. The fourth-order valence-electron chi connectivity index (χ4n) is 1.14. The van der Waals surface area contributed by atoms with Crippen LogP contribution in [0.2, 0.25) is 0 Å². The van der Waals surface area contributed by atoms with Crippen molar-refractivity contribution in [2.24, 2.45) is 0 Å². The van der Waals surface area contributed by atoms with E-state index in [2.05, 4.69) is 0 Å². The molecule has 1 rings (SSSR count). The first-order valence-corrected chi connectivity index (χ1v) is 5.44. The first-order valence-electron chi connectivity index (χ1n) is 3.69. The van der Waals surface area contributed by atoms with Gasteiger partial charge in [-0.05, 0) is 23.6 Å². The second-order valence-corrected chi connectivity index (χ2v) is 4.86. The fourth-order valence-corrected chi connectivity index (χ4v) is 2.09. The van der Waals surface area contributed by atoms with Gasteiger partial charge in [-0.25, -0.2) is 0 Å². The molecule has 0 saturated heterocycles. The monoisotopic (exact) mass is 256 g/mol. The van der Waals surface area contributed by atoms with Crippen LogP contribution in [0.15, 0.2) is 18.2 Å². The summed E-state index contributed by atoms with van der Waals surface area (Å²) in [6.07, 6.45) is 0. The highest BCUT2D eigenvalue weighted by atomic mass is 35.5. The molecule has 0 aromatic heterocycles. The molecule has 0 saturated carbocycles. The Labute approximate surface area is 97.7 Å². The minimum atomic E-state index is -0.535. The maximum atomic E-state index is 5.76. The van der Waals surface area contributed by atoms with E-state index in [4.69, 9.17) is 46.4 Å². The molecule has 0 nitrogen and oxygen atoms in total. The normalized spacial score (nSPS) is 11.3. The molecular weight excluding hydrogens is 250 g/mol. The molecule has 4 heteroatoms. The molecule has 0 aliphatic heterocycles. The van der Waals surface area contributed by atoms with Crippen LogP contribution in [0, 0.1) is 6.92 Å². The molecule has 0 fully saturated rings. The van der Waals surface area contributed by atoms with Crippen molar-refractivity contribution < 1.29 is 0 Å². The molecule has 0 bridgehead atoms. The van der Waals surface area contributed by atoms with E-state index >= 15 is 0 Å². The van der Waals surface area contributed by atoms with Crippen LogP contribution in [0.1, 0.15) is 26.4 Å². The van der Waals surface area contributed by atoms with E-state index in [1.54, 1.807) is 0 Å². The zero-order valence-corrected chi connectivity index (χ0v) is 9.92. The average molecular weight is 258 g/mol. The van der Waals surface area contributed by atoms with E-state index in [-0.39, 0.29) is 0 Å². The standard InChI is InChI=1S/C9H8Cl4/c1-5-6(8(10)11)3-2-4-7(5)9(12)13/h2-4,8-9H,1H3. The third-order valence-corrected chi connectivity index (χ3v) is 2.83. The highest BCUT2D eigenvalue weighted by Gasteiger charge is 2.13. The van der Waals surface area contributed by atoms with Crippen molar-refractivity contribution in [2.45, 2.75) is 16.6 Å². The van der Waals surface area contributed by atoms with Gasteiger partial charge in [-0.1, -0.05) is 18.2 Å². The molecule has 0 heterocycles. The molecule has 0 radical (unpaired) electrons. The number of halogens is 4. The minimum absolute atomic E-state index is 0.535. The Morgan fingerprint density at radius 3 is 1.62 bits per heavy atom. The highest BCUT2D eigenvalue weighted by molar-refractivity contribution is 6.45. The van der Waals surface area contributed by atoms with Crippen molar-refractivity contribution >= 4 is 46.4 Å². The number of benzene rings is 1. The van der Waals surface area contributed by atoms with Crippen LogP contribution in [0.5, 0.6) is 0 Å². The lowest BCUT2D eigenvalue weighted by molar-refractivity contribution is 1.19. The van der Waals surface area contributed by atoms with Crippen molar-refractivity contribution in [1.82, 2.24) is 0 Å². The van der Waals surface area contributed by atoms with Crippen molar-refractivity contribution in [3.63, 3.8) is 0 Å². The van der Waals surface area contributed by atoms with Gasteiger partial charge in [-0.2, -0.15) is 0 Å². The second-order valence-electron chi connectivity index (χ2n) is 2.66. The zero-order chi connectivity index (χ0) is 10.0. The molecule has 0 spiro atoms. The number of hydrogen-bond donors (Lipinski definition) is 0. The van der Waals surface area contributed by atoms with Gasteiger partial charge in [0.15, 0.2) is 0 Å². The lowest BCUT2D eigenvalue weighted by Gasteiger charge is -2.11. The summed E-state index contributed by atoms with van der Waals surface area (Å²) in [7, 11) is 0. The predicted molar refractivity (Wildman–Crippen MR) is 60.1 cm³/mol. The molecule has 0 unspecified atom stereocenters. The Morgan fingerprint density at radius 2 is 1.31 bits per heavy atom. The number of rotatable bonds is 2. The molecule has 0 atom stereocenters. The van der Waals surface area contributed by atoms with Crippen LogP contribution in [-0.4, -0.2) is 0 Å². The van der Waals surface area contributed by atoms with Gasteiger partial charge in [-0.3, -0.25) is 0 Å². The lowest BCUT2D eigenvalue weighted by Crippen LogP contribution is -1.94. The molecule has 72 valence electrons. The number of hydrogen-bond acceptors (Lipinski definition) is 0. The summed E-state index contributed by atoms with van der Waals surface area (Å²) in [6.45, 7) is 1.90. The van der Waals surface area contributed by atoms with Crippen molar-refractivity contribution in [1.29, 1.82) is 0 Å². The summed E-state index contributed by atoms with van der Waals surface area (Å²) >= 11 is 23.1. The Morgan fingerprint density at radius 1 is 0.923 bits per heavy atom. The third-order valence-electron chi connectivity index (χ3n) is 1.89. The van der Waals surface area contributed by atoms with Crippen LogP contribution >= 0.6 is 46.4 Å². The van der Waals surface area contributed by atoms with Gasteiger partial charge in [0.1, 0.15) is 9.67 Å². The minimum Gasteiger partial charge on any atom is -0.100 e. The SMILES string of the molecule is Cc1c(C(Cl)Cl)cccc1C(Cl)Cl. The molecule has 1 aromatic carbocycles. The lowest BCUT2D eigenvalue weighted by atomic mass is 10.0. The Balaban J connectivity index is 3.18. The maximum absolute atomic E-state index is 5.76. The van der Waals surface area contributed by atoms with E-state index in [9.17, 15) is 0 Å². The van der Waals surface area contributed by atoms with Gasteiger partial charge in [0.25, 0.3) is 0 Å². The molecule has 1 aromatic rings. The van der Waals surface area contributed by atoms with Crippen LogP contribution in [0.25, 0.3) is 0 Å². The van der Waals surface area contributed by atoms with Crippen LogP contribution in [0.3, 0.4) is 0 Å². The molecule has 0 aliphatic rings. The highest BCUT2D eigenvalue weighted by Crippen LogP contribution is 2.34. The summed E-state index contributed by atoms with van der Waals surface area (Å²) < 4.78 is 0. The van der Waals surface area contributed by atoms with E-state index in [1.165, 1.54) is 0 Å². The quantitative estimate of drug-likeness (QED) is 0.658. The Bertz CT molecular complexity index is 267. The summed E-state index contributed by atoms with van der Waals surface area (Å²) in [6, 6.07) is 5.56. The predicted octanol–water partition coefficient (Wildman–Crippen LogP) is 4.95. The van der Waals surface area contributed by atoms with Gasteiger partial charge in [-0.15, -0.1) is 46.4 Å². The van der Waals surface area contributed by atoms with Gasteiger partial charge in [0, 0.05) is 0 Å². The van der Waals surface area contributed by atoms with Crippen LogP contribution < -0.4 is 0 Å². The van der Waals surface area contributed by atoms with E-state index in [0.717, 1.165) is 16.7 Å². The first kappa shape index (κ1) is 11.5. The topological polar surface area (TPSA) is 0 Å². The van der Waals surface area contributed by atoms with Crippen molar-refractivity contribution in [2.75, 3.05) is 0 Å². The first-order chi connectivity index (χ1) is 6.04. The third kappa shape index (κ3) is 2.66. The summed E-state index contributed by atoms with van der Waals surface area (Å²) in [5, 5.41) is 0. The number of alkyl halides is 4. The summed E-state index contributed by atoms with van der Waals surface area (Å²) in [5.41, 5.74) is 2.66. The van der Waals surface area contributed by atoms with Gasteiger partial charge >= 0.3 is 0 Å². The van der Waals surface area contributed by atoms with Crippen LogP contribution in [-0.2, 0) is 0 Å². The molecule has 0 amide bonds. The fraction of sp³-hybridized carbons (Fsp3) is 0.333. The van der Waals surface area contributed by atoms with Crippen molar-refractivity contribution in [3.05, 3.63) is 34.9 Å². The second kappa shape index (κ2) is 4.75. The molecule has 13 heavy (non-hydrogen) atoms. The molecule has 0 N–H and O–H groups in total. The van der Waals surface area contributed by atoms with E-state index in [0.29, 0.717) is 0 Å². The molecule has 0 aliphatic carbocycles. The van der Waals surface area contributed by atoms with E-state index < -0.39 is 9.67 Å². The van der Waals surface area contributed by atoms with Crippen LogP contribution in [0.4, 0.5) is 0 Å². The maximum Gasteiger partial charge on any atom is 0.133 e. The van der Waals surface area contributed by atoms with Crippen molar-refractivity contribution in [3.8, 4) is 0 Å². The zero-order valence-electron chi connectivity index (χ0n) is 6.90. The largest absolute Gasteiger partial charge is 0.133 e. The average Bonchev–Trinajstić information content (AvgIpc) is 2.03. The Hall–Kier alpha value is 0.380. The van der Waals surface area contributed by atoms with Gasteiger partial charge in [0.2, 0.25) is 0 Å². The Kier molecular flexibility index (Phi) is 4.18. The summed E-state index contributed by atoms with van der Waals surface area (Å²) in [4.78, 5) is -1.07. The van der Waals surface area contributed by atoms with E-state index in [1.807, 2.05) is 25.1 Å².